The van der Waals surface area contributed by atoms with Gasteiger partial charge in [0.1, 0.15) is 11.5 Å². The van der Waals surface area contributed by atoms with Gasteiger partial charge in [-0.25, -0.2) is 0 Å². The zero-order valence-corrected chi connectivity index (χ0v) is 20.1. The molecular weight excluding hydrogens is 436 g/mol. The van der Waals surface area contributed by atoms with E-state index in [0.29, 0.717) is 21.8 Å². The van der Waals surface area contributed by atoms with Crippen LogP contribution in [0.4, 0.5) is 0 Å². The van der Waals surface area contributed by atoms with Crippen molar-refractivity contribution in [1.82, 2.24) is 9.80 Å². The molecule has 0 aromatic heterocycles. The number of hydrogen-bond donors (Lipinski definition) is 0. The first-order valence-corrected chi connectivity index (χ1v) is 11.0. The molecule has 0 amide bonds. The fraction of sp³-hybridized carbons (Fsp3) is 0.154. The van der Waals surface area contributed by atoms with Gasteiger partial charge in [-0.2, -0.15) is 0 Å². The number of hydrogen-bond acceptors (Lipinski definition) is 4. The minimum absolute atomic E-state index is 0.383. The average molecular weight is 461 g/mol. The van der Waals surface area contributed by atoms with E-state index in [1.165, 1.54) is 0 Å². The Labute approximate surface area is 199 Å². The van der Waals surface area contributed by atoms with Crippen molar-refractivity contribution in [2.75, 3.05) is 28.2 Å². The highest BCUT2D eigenvalue weighted by Gasteiger charge is 2.18. The summed E-state index contributed by atoms with van der Waals surface area (Å²) in [6.07, 6.45) is 0. The van der Waals surface area contributed by atoms with Gasteiger partial charge in [0.05, 0.1) is 0 Å². The molecule has 0 unspecified atom stereocenters. The van der Waals surface area contributed by atoms with Crippen LogP contribution in [0.5, 0.6) is 11.5 Å². The molecule has 0 radical (unpaired) electrons. The molecule has 32 heavy (non-hydrogen) atoms. The van der Waals surface area contributed by atoms with Crippen LogP contribution in [0.15, 0.2) is 72.8 Å². The Balaban J connectivity index is 1.97. The number of nitrogens with zero attached hydrogens (tertiary/aromatic N) is 2. The highest BCUT2D eigenvalue weighted by atomic mass is 32.1. The molecule has 6 heteroatoms. The molecule has 4 aromatic carbocycles. The molecule has 4 nitrogen and oxygen atoms in total. The maximum Gasteiger partial charge on any atom is 0.264 e. The van der Waals surface area contributed by atoms with E-state index >= 15 is 0 Å². The molecule has 0 aliphatic rings. The number of fused-ring (bicyclic) bond motifs is 2. The van der Waals surface area contributed by atoms with Gasteiger partial charge < -0.3 is 19.3 Å². The van der Waals surface area contributed by atoms with Crippen molar-refractivity contribution in [1.29, 1.82) is 0 Å². The van der Waals surface area contributed by atoms with Gasteiger partial charge in [0.15, 0.2) is 0 Å². The van der Waals surface area contributed by atoms with E-state index in [9.17, 15) is 0 Å². The predicted molar refractivity (Wildman–Crippen MR) is 141 cm³/mol. The Hall–Kier alpha value is -3.22. The van der Waals surface area contributed by atoms with Crippen LogP contribution in [0.3, 0.4) is 0 Å². The number of benzene rings is 4. The van der Waals surface area contributed by atoms with Crippen molar-refractivity contribution in [2.24, 2.45) is 0 Å². The lowest BCUT2D eigenvalue weighted by atomic mass is 9.96. The lowest BCUT2D eigenvalue weighted by Crippen LogP contribution is -2.25. The normalized spacial score (nSPS) is 10.8. The lowest BCUT2D eigenvalue weighted by molar-refractivity contribution is 0.447. The van der Waals surface area contributed by atoms with E-state index in [2.05, 4.69) is 36.4 Å². The van der Waals surface area contributed by atoms with E-state index in [0.717, 1.165) is 32.7 Å². The zero-order valence-electron chi connectivity index (χ0n) is 18.5. The molecule has 0 spiro atoms. The molecule has 0 fully saturated rings. The lowest BCUT2D eigenvalue weighted by Gasteiger charge is -2.21. The Morgan fingerprint density at radius 2 is 0.875 bits per heavy atom. The van der Waals surface area contributed by atoms with Crippen molar-refractivity contribution >= 4 is 56.3 Å². The third-order valence-electron chi connectivity index (χ3n) is 5.11. The third-order valence-corrected chi connectivity index (χ3v) is 6.01. The Bertz CT molecular complexity index is 1230. The second-order valence-electron chi connectivity index (χ2n) is 7.92. The molecule has 0 bridgehead atoms. The summed E-state index contributed by atoms with van der Waals surface area (Å²) >= 11 is 10.9. The van der Waals surface area contributed by atoms with E-state index in [4.69, 9.17) is 33.9 Å². The smallest absolute Gasteiger partial charge is 0.264 e. The number of rotatable bonds is 3. The molecule has 0 N–H and O–H groups in total. The second kappa shape index (κ2) is 9.10. The standard InChI is InChI=1S/C26H24N2O2S2/c1-27(2)25(31)29-23-15-19-11-7-5-9-17(19)13-21(23)22-14-18-10-6-8-12-20(18)16-24(22)30-26(32)28(3)4/h5-16H,1-4H3. The molecule has 0 aliphatic heterocycles. The molecule has 4 rings (SSSR count). The van der Waals surface area contributed by atoms with Crippen molar-refractivity contribution in [3.05, 3.63) is 72.8 Å². The monoisotopic (exact) mass is 460 g/mol. The van der Waals surface area contributed by atoms with Crippen LogP contribution >= 0.6 is 24.4 Å². The molecule has 0 saturated heterocycles. The summed E-state index contributed by atoms with van der Waals surface area (Å²) in [7, 11) is 7.46. The van der Waals surface area contributed by atoms with Gasteiger partial charge >= 0.3 is 0 Å². The summed E-state index contributed by atoms with van der Waals surface area (Å²) in [6.45, 7) is 0. The quantitative estimate of drug-likeness (QED) is 0.342. The summed E-state index contributed by atoms with van der Waals surface area (Å²) < 4.78 is 12.3. The Morgan fingerprint density at radius 3 is 1.19 bits per heavy atom. The first-order chi connectivity index (χ1) is 15.3. The van der Waals surface area contributed by atoms with Crippen LogP contribution in [0.1, 0.15) is 0 Å². The fourth-order valence-corrected chi connectivity index (χ4v) is 3.58. The molecule has 0 heterocycles. The van der Waals surface area contributed by atoms with Crippen LogP contribution in [0.25, 0.3) is 32.7 Å². The Kier molecular flexibility index (Phi) is 6.26. The largest absolute Gasteiger partial charge is 0.431 e. The minimum atomic E-state index is 0.383. The minimum Gasteiger partial charge on any atom is -0.431 e. The Morgan fingerprint density at radius 1 is 0.562 bits per heavy atom. The van der Waals surface area contributed by atoms with Gasteiger partial charge in [0.2, 0.25) is 0 Å². The van der Waals surface area contributed by atoms with E-state index in [-0.39, 0.29) is 0 Å². The van der Waals surface area contributed by atoms with Crippen molar-refractivity contribution in [3.8, 4) is 22.6 Å². The van der Waals surface area contributed by atoms with Crippen molar-refractivity contribution in [3.63, 3.8) is 0 Å². The van der Waals surface area contributed by atoms with Crippen LogP contribution in [-0.4, -0.2) is 48.3 Å². The zero-order chi connectivity index (χ0) is 22.8. The van der Waals surface area contributed by atoms with Crippen molar-refractivity contribution < 1.29 is 9.47 Å². The topological polar surface area (TPSA) is 24.9 Å². The summed E-state index contributed by atoms with van der Waals surface area (Å²) in [5.41, 5.74) is 1.77. The summed E-state index contributed by atoms with van der Waals surface area (Å²) in [6, 6.07) is 24.6. The molecule has 162 valence electrons. The van der Waals surface area contributed by atoms with Crippen LogP contribution in [-0.2, 0) is 0 Å². The van der Waals surface area contributed by atoms with E-state index in [1.54, 1.807) is 9.80 Å². The SMILES string of the molecule is CN(C)C(=S)Oc1cc2ccccc2cc1-c1cc2ccccc2cc1OC(=S)N(C)C. The third kappa shape index (κ3) is 4.52. The molecule has 4 aromatic rings. The molecule has 0 saturated carbocycles. The van der Waals surface area contributed by atoms with Crippen LogP contribution in [0.2, 0.25) is 0 Å². The van der Waals surface area contributed by atoms with E-state index in [1.807, 2.05) is 64.6 Å². The summed E-state index contributed by atoms with van der Waals surface area (Å²) in [5.74, 6) is 1.33. The van der Waals surface area contributed by atoms with Crippen molar-refractivity contribution in [2.45, 2.75) is 0 Å². The fourth-order valence-electron chi connectivity index (χ4n) is 3.40. The molecule has 0 aliphatic carbocycles. The molecule has 0 atom stereocenters. The number of thiocarbonyl (C=S) groups is 2. The van der Waals surface area contributed by atoms with Crippen LogP contribution in [0, 0.1) is 0 Å². The maximum absolute atomic E-state index is 6.15. The summed E-state index contributed by atoms with van der Waals surface area (Å²) in [5, 5.41) is 5.10. The summed E-state index contributed by atoms with van der Waals surface area (Å²) in [4.78, 5) is 3.54. The van der Waals surface area contributed by atoms with E-state index < -0.39 is 0 Å². The first-order valence-electron chi connectivity index (χ1n) is 10.2. The van der Waals surface area contributed by atoms with Gasteiger partial charge in [-0.15, -0.1) is 0 Å². The maximum atomic E-state index is 6.15. The first kappa shape index (κ1) is 22.0. The average Bonchev–Trinajstić information content (AvgIpc) is 2.78. The van der Waals surface area contributed by atoms with Gasteiger partial charge in [-0.3, -0.25) is 0 Å². The van der Waals surface area contributed by atoms with Gasteiger partial charge in [0.25, 0.3) is 10.3 Å². The van der Waals surface area contributed by atoms with Crippen LogP contribution < -0.4 is 9.47 Å². The second-order valence-corrected chi connectivity index (χ2v) is 8.61. The highest BCUT2D eigenvalue weighted by molar-refractivity contribution is 7.80. The molecular formula is C26H24N2O2S2. The highest BCUT2D eigenvalue weighted by Crippen LogP contribution is 2.41. The van der Waals surface area contributed by atoms with Gasteiger partial charge in [0, 0.05) is 39.3 Å². The van der Waals surface area contributed by atoms with Gasteiger partial charge in [-0.1, -0.05) is 48.5 Å². The number of ether oxygens (including phenoxy) is 2. The predicted octanol–water partition coefficient (Wildman–Crippen LogP) is 6.11. The van der Waals surface area contributed by atoms with Gasteiger partial charge in [-0.05, 0) is 70.2 Å².